The van der Waals surface area contributed by atoms with Crippen molar-refractivity contribution in [1.29, 1.82) is 0 Å². The third-order valence-corrected chi connectivity index (χ3v) is 2.15. The van der Waals surface area contributed by atoms with Crippen LogP contribution >= 0.6 is 0 Å². The van der Waals surface area contributed by atoms with Gasteiger partial charge in [0.15, 0.2) is 0 Å². The summed E-state index contributed by atoms with van der Waals surface area (Å²) < 4.78 is 0. The topological polar surface area (TPSA) is 95.3 Å². The molecule has 0 aromatic carbocycles. The third-order valence-electron chi connectivity index (χ3n) is 2.15. The summed E-state index contributed by atoms with van der Waals surface area (Å²) in [5, 5.41) is 16.3. The molecular formula is C7H12N4O3. The zero-order valence-electron chi connectivity index (χ0n) is 8.16. The van der Waals surface area contributed by atoms with Crippen LogP contribution in [0.2, 0.25) is 0 Å². The molecule has 1 atom stereocenters. The predicted molar refractivity (Wildman–Crippen MR) is 49.0 cm³/mol. The van der Waals surface area contributed by atoms with Crippen molar-refractivity contribution in [2.45, 2.75) is 19.4 Å². The van der Waals surface area contributed by atoms with E-state index >= 15 is 0 Å². The van der Waals surface area contributed by atoms with Gasteiger partial charge >= 0.3 is 0 Å². The quantitative estimate of drug-likeness (QED) is 0.412. The largest absolute Gasteiger partial charge is 0.399 e. The molecule has 0 aromatic heterocycles. The Morgan fingerprint density at radius 2 is 2.43 bits per heavy atom. The van der Waals surface area contributed by atoms with Crippen molar-refractivity contribution in [3.8, 4) is 0 Å². The van der Waals surface area contributed by atoms with Gasteiger partial charge in [-0.25, -0.2) is 5.43 Å². The Morgan fingerprint density at radius 3 is 2.79 bits per heavy atom. The standard InChI is InChI=1S/C7H12N4O3/c1-4-7(11-13,5(2)10-14-3)6(12)9-8-4/h11,13H,1-3H3,(H,9,12)/b10-5+. The first kappa shape index (κ1) is 10.6. The summed E-state index contributed by atoms with van der Waals surface area (Å²) in [4.78, 5) is 16.0. The van der Waals surface area contributed by atoms with Gasteiger partial charge in [0.05, 0.1) is 11.4 Å². The molecular weight excluding hydrogens is 188 g/mol. The average Bonchev–Trinajstić information content (AvgIpc) is 2.44. The number of nitrogens with one attached hydrogen (secondary N) is 2. The van der Waals surface area contributed by atoms with Gasteiger partial charge in [-0.05, 0) is 13.8 Å². The minimum atomic E-state index is -1.41. The van der Waals surface area contributed by atoms with Crippen molar-refractivity contribution < 1.29 is 14.8 Å². The Labute approximate surface area is 80.8 Å². The van der Waals surface area contributed by atoms with E-state index in [0.29, 0.717) is 5.71 Å². The average molecular weight is 200 g/mol. The van der Waals surface area contributed by atoms with E-state index in [4.69, 9.17) is 5.21 Å². The monoisotopic (exact) mass is 200 g/mol. The van der Waals surface area contributed by atoms with Crippen LogP contribution in [0.15, 0.2) is 10.3 Å². The number of hydroxylamine groups is 1. The molecule has 0 saturated heterocycles. The molecule has 1 heterocycles. The van der Waals surface area contributed by atoms with Gasteiger partial charge in [-0.2, -0.15) is 10.6 Å². The van der Waals surface area contributed by atoms with Crippen LogP contribution in [0.25, 0.3) is 0 Å². The Morgan fingerprint density at radius 1 is 1.79 bits per heavy atom. The maximum absolute atomic E-state index is 11.5. The number of rotatable bonds is 3. The van der Waals surface area contributed by atoms with Crippen LogP contribution in [0.3, 0.4) is 0 Å². The lowest BCUT2D eigenvalue weighted by atomic mass is 9.90. The highest BCUT2D eigenvalue weighted by Crippen LogP contribution is 2.15. The number of carbonyl (C=O) groups excluding carboxylic acids is 1. The fraction of sp³-hybridized carbons (Fsp3) is 0.571. The molecule has 0 aliphatic carbocycles. The van der Waals surface area contributed by atoms with E-state index in [0.717, 1.165) is 0 Å². The van der Waals surface area contributed by atoms with Crippen LogP contribution in [-0.2, 0) is 9.63 Å². The lowest BCUT2D eigenvalue weighted by molar-refractivity contribution is -0.124. The number of hydrazone groups is 1. The first-order valence-corrected chi connectivity index (χ1v) is 3.94. The second-order valence-electron chi connectivity index (χ2n) is 2.86. The van der Waals surface area contributed by atoms with Gasteiger partial charge in [-0.3, -0.25) is 4.79 Å². The molecule has 78 valence electrons. The molecule has 14 heavy (non-hydrogen) atoms. The van der Waals surface area contributed by atoms with Crippen LogP contribution in [-0.4, -0.2) is 35.2 Å². The minimum Gasteiger partial charge on any atom is -0.399 e. The molecule has 1 aliphatic rings. The van der Waals surface area contributed by atoms with Crippen molar-refractivity contribution in [2.75, 3.05) is 7.11 Å². The Balaban J connectivity index is 3.14. The molecule has 0 aromatic rings. The van der Waals surface area contributed by atoms with Gasteiger partial charge in [0.2, 0.25) is 5.54 Å². The van der Waals surface area contributed by atoms with Gasteiger partial charge in [0, 0.05) is 0 Å². The van der Waals surface area contributed by atoms with E-state index in [9.17, 15) is 4.79 Å². The van der Waals surface area contributed by atoms with Gasteiger partial charge in [0.25, 0.3) is 5.91 Å². The molecule has 1 aliphatic heterocycles. The first-order chi connectivity index (χ1) is 6.59. The lowest BCUT2D eigenvalue weighted by Crippen LogP contribution is -2.60. The zero-order valence-corrected chi connectivity index (χ0v) is 8.16. The SMILES string of the molecule is CO/N=C(\C)C1(NO)C(=O)NN=C1C. The minimum absolute atomic E-state index is 0.277. The number of nitrogens with zero attached hydrogens (tertiary/aromatic N) is 2. The maximum atomic E-state index is 11.5. The van der Waals surface area contributed by atoms with Crippen molar-refractivity contribution in [1.82, 2.24) is 10.9 Å². The summed E-state index contributed by atoms with van der Waals surface area (Å²) in [6, 6.07) is 0. The van der Waals surface area contributed by atoms with Crippen LogP contribution in [0.4, 0.5) is 0 Å². The molecule has 0 spiro atoms. The summed E-state index contributed by atoms with van der Waals surface area (Å²) in [5.41, 5.74) is 3.40. The van der Waals surface area contributed by atoms with E-state index in [1.54, 1.807) is 13.8 Å². The number of carbonyl (C=O) groups is 1. The highest BCUT2D eigenvalue weighted by molar-refractivity contribution is 6.32. The summed E-state index contributed by atoms with van der Waals surface area (Å²) in [5.74, 6) is -0.490. The molecule has 0 bridgehead atoms. The molecule has 0 radical (unpaired) electrons. The van der Waals surface area contributed by atoms with E-state index in [-0.39, 0.29) is 5.71 Å². The summed E-state index contributed by atoms with van der Waals surface area (Å²) in [6.45, 7) is 3.15. The second kappa shape index (κ2) is 3.72. The molecule has 1 rings (SSSR count). The third kappa shape index (κ3) is 1.26. The van der Waals surface area contributed by atoms with E-state index in [1.165, 1.54) is 7.11 Å². The highest BCUT2D eigenvalue weighted by Gasteiger charge is 2.48. The number of hydrogen-bond donors (Lipinski definition) is 3. The summed E-state index contributed by atoms with van der Waals surface area (Å²) >= 11 is 0. The van der Waals surface area contributed by atoms with Gasteiger partial charge in [-0.1, -0.05) is 5.16 Å². The van der Waals surface area contributed by atoms with Gasteiger partial charge in [0.1, 0.15) is 7.11 Å². The summed E-state index contributed by atoms with van der Waals surface area (Å²) in [6.07, 6.45) is 0. The van der Waals surface area contributed by atoms with Crippen LogP contribution in [0, 0.1) is 0 Å². The van der Waals surface area contributed by atoms with E-state index in [1.807, 2.05) is 5.48 Å². The Hall–Kier alpha value is -1.47. The van der Waals surface area contributed by atoms with Crippen molar-refractivity contribution in [3.05, 3.63) is 0 Å². The Kier molecular flexibility index (Phi) is 2.82. The van der Waals surface area contributed by atoms with Crippen molar-refractivity contribution in [3.63, 3.8) is 0 Å². The van der Waals surface area contributed by atoms with Crippen LogP contribution in [0.5, 0.6) is 0 Å². The van der Waals surface area contributed by atoms with E-state index < -0.39 is 11.4 Å². The molecule has 0 fully saturated rings. The van der Waals surface area contributed by atoms with Gasteiger partial charge in [-0.15, -0.1) is 0 Å². The molecule has 0 saturated carbocycles. The Bertz CT molecular complexity index is 312. The molecule has 3 N–H and O–H groups in total. The molecule has 7 nitrogen and oxygen atoms in total. The smallest absolute Gasteiger partial charge is 0.274 e. The van der Waals surface area contributed by atoms with Gasteiger partial charge < -0.3 is 10.0 Å². The predicted octanol–water partition coefficient (Wildman–Crippen LogP) is -0.768. The van der Waals surface area contributed by atoms with Crippen molar-refractivity contribution in [2.24, 2.45) is 10.3 Å². The fourth-order valence-corrected chi connectivity index (χ4v) is 1.31. The second-order valence-corrected chi connectivity index (χ2v) is 2.86. The zero-order chi connectivity index (χ0) is 10.8. The maximum Gasteiger partial charge on any atom is 0.274 e. The number of amides is 1. The molecule has 1 amide bonds. The highest BCUT2D eigenvalue weighted by atomic mass is 16.6. The molecule has 7 heteroatoms. The van der Waals surface area contributed by atoms with Crippen molar-refractivity contribution >= 4 is 17.3 Å². The van der Waals surface area contributed by atoms with E-state index in [2.05, 4.69) is 20.5 Å². The fourth-order valence-electron chi connectivity index (χ4n) is 1.31. The number of hydrogen-bond acceptors (Lipinski definition) is 6. The molecule has 1 unspecified atom stereocenters. The first-order valence-electron chi connectivity index (χ1n) is 3.94. The van der Waals surface area contributed by atoms with Crippen LogP contribution < -0.4 is 10.9 Å². The number of oxime groups is 1. The summed E-state index contributed by atoms with van der Waals surface area (Å²) in [7, 11) is 1.36. The van der Waals surface area contributed by atoms with Crippen LogP contribution in [0.1, 0.15) is 13.8 Å². The normalized spacial score (nSPS) is 27.3. The lowest BCUT2D eigenvalue weighted by Gasteiger charge is -2.23.